The summed E-state index contributed by atoms with van der Waals surface area (Å²) in [5.74, 6) is 0. The first kappa shape index (κ1) is 9.97. The summed E-state index contributed by atoms with van der Waals surface area (Å²) in [4.78, 5) is 4.15. The number of nitrogens with zero attached hydrogens (tertiary/aromatic N) is 1. The SMILES string of the molecule is CO[N]c1ccccc1S(=O)(=O)O. The first-order valence-corrected chi connectivity index (χ1v) is 4.80. The molecule has 0 saturated heterocycles. The summed E-state index contributed by atoms with van der Waals surface area (Å²) in [6.45, 7) is 0. The summed E-state index contributed by atoms with van der Waals surface area (Å²) < 4.78 is 30.3. The lowest BCUT2D eigenvalue weighted by atomic mass is 10.3. The number of benzene rings is 1. The Hall–Kier alpha value is -1.11. The van der Waals surface area contributed by atoms with Gasteiger partial charge in [-0.25, -0.2) is 0 Å². The third kappa shape index (κ3) is 2.41. The topological polar surface area (TPSA) is 77.7 Å². The molecule has 0 heterocycles. The molecule has 1 rings (SSSR count). The van der Waals surface area contributed by atoms with Gasteiger partial charge in [0, 0.05) is 0 Å². The highest BCUT2D eigenvalue weighted by Gasteiger charge is 2.15. The fourth-order valence-corrected chi connectivity index (χ4v) is 1.47. The van der Waals surface area contributed by atoms with Crippen molar-refractivity contribution in [2.45, 2.75) is 4.90 Å². The molecular weight excluding hydrogens is 194 g/mol. The zero-order chi connectivity index (χ0) is 9.90. The Morgan fingerprint density at radius 1 is 1.38 bits per heavy atom. The minimum Gasteiger partial charge on any atom is -0.282 e. The molecule has 0 unspecified atom stereocenters. The van der Waals surface area contributed by atoms with Gasteiger partial charge in [0.25, 0.3) is 10.1 Å². The molecule has 0 bridgehead atoms. The first-order valence-electron chi connectivity index (χ1n) is 3.36. The zero-order valence-electron chi connectivity index (χ0n) is 6.84. The van der Waals surface area contributed by atoms with Crippen LogP contribution in [0.15, 0.2) is 29.2 Å². The van der Waals surface area contributed by atoms with E-state index in [0.29, 0.717) is 0 Å². The van der Waals surface area contributed by atoms with E-state index in [2.05, 4.69) is 10.3 Å². The number of hydrogen-bond acceptors (Lipinski definition) is 3. The average molecular weight is 202 g/mol. The van der Waals surface area contributed by atoms with Crippen molar-refractivity contribution in [3.8, 4) is 0 Å². The van der Waals surface area contributed by atoms with Crippen LogP contribution < -0.4 is 5.48 Å². The fourth-order valence-electron chi connectivity index (χ4n) is 0.849. The van der Waals surface area contributed by atoms with E-state index in [9.17, 15) is 8.42 Å². The smallest absolute Gasteiger partial charge is 0.282 e. The molecule has 6 heteroatoms. The van der Waals surface area contributed by atoms with Gasteiger partial charge in [-0.2, -0.15) is 8.42 Å². The molecule has 1 N–H and O–H groups in total. The summed E-state index contributed by atoms with van der Waals surface area (Å²) >= 11 is 0. The summed E-state index contributed by atoms with van der Waals surface area (Å²) in [6, 6.07) is 5.74. The van der Waals surface area contributed by atoms with Crippen LogP contribution in [0.2, 0.25) is 0 Å². The van der Waals surface area contributed by atoms with E-state index in [1.54, 1.807) is 6.07 Å². The largest absolute Gasteiger partial charge is 0.296 e. The van der Waals surface area contributed by atoms with Crippen molar-refractivity contribution in [1.82, 2.24) is 5.48 Å². The monoisotopic (exact) mass is 202 g/mol. The molecule has 0 aliphatic rings. The van der Waals surface area contributed by atoms with Crippen LogP contribution in [0.3, 0.4) is 0 Å². The van der Waals surface area contributed by atoms with Crippen LogP contribution in [0.1, 0.15) is 0 Å². The van der Waals surface area contributed by atoms with Crippen molar-refractivity contribution in [2.24, 2.45) is 0 Å². The Labute approximate surface area is 76.0 Å². The van der Waals surface area contributed by atoms with Gasteiger partial charge in [-0.1, -0.05) is 12.1 Å². The third-order valence-electron chi connectivity index (χ3n) is 1.33. The molecule has 5 nitrogen and oxygen atoms in total. The summed E-state index contributed by atoms with van der Waals surface area (Å²) in [6.07, 6.45) is 0. The van der Waals surface area contributed by atoms with Gasteiger partial charge >= 0.3 is 0 Å². The number of hydrogen-bond donors (Lipinski definition) is 1. The van der Waals surface area contributed by atoms with Crippen LogP contribution in [0, 0.1) is 0 Å². The van der Waals surface area contributed by atoms with Gasteiger partial charge in [0.1, 0.15) is 10.6 Å². The van der Waals surface area contributed by atoms with Crippen molar-refractivity contribution in [3.05, 3.63) is 24.3 Å². The van der Waals surface area contributed by atoms with E-state index in [0.717, 1.165) is 0 Å². The van der Waals surface area contributed by atoms with Crippen LogP contribution in [-0.4, -0.2) is 20.1 Å². The van der Waals surface area contributed by atoms with Gasteiger partial charge in [-0.15, -0.1) is 5.48 Å². The molecule has 13 heavy (non-hydrogen) atoms. The van der Waals surface area contributed by atoms with Gasteiger partial charge in [0.05, 0.1) is 7.11 Å². The van der Waals surface area contributed by atoms with E-state index in [1.165, 1.54) is 25.3 Å². The molecule has 1 aromatic rings. The van der Waals surface area contributed by atoms with Gasteiger partial charge in [0.15, 0.2) is 0 Å². The van der Waals surface area contributed by atoms with Crippen molar-refractivity contribution in [3.63, 3.8) is 0 Å². The van der Waals surface area contributed by atoms with Crippen molar-refractivity contribution in [2.75, 3.05) is 7.11 Å². The summed E-state index contributed by atoms with van der Waals surface area (Å²) in [5.41, 5.74) is 3.51. The van der Waals surface area contributed by atoms with E-state index in [4.69, 9.17) is 4.55 Å². The second-order valence-electron chi connectivity index (χ2n) is 2.22. The van der Waals surface area contributed by atoms with E-state index in [1.807, 2.05) is 0 Å². The molecule has 0 saturated carbocycles. The van der Waals surface area contributed by atoms with Crippen molar-refractivity contribution in [1.29, 1.82) is 0 Å². The lowest BCUT2D eigenvalue weighted by Crippen LogP contribution is -2.04. The normalized spacial score (nSPS) is 11.2. The fraction of sp³-hybridized carbons (Fsp3) is 0.143. The van der Waals surface area contributed by atoms with Crippen LogP contribution in [-0.2, 0) is 15.0 Å². The molecule has 0 atom stereocenters. The maximum absolute atomic E-state index is 10.8. The van der Waals surface area contributed by atoms with Crippen LogP contribution in [0.25, 0.3) is 0 Å². The predicted octanol–water partition coefficient (Wildman–Crippen LogP) is 0.731. The van der Waals surface area contributed by atoms with Crippen LogP contribution >= 0.6 is 0 Å². The minimum absolute atomic E-state index is 0.0764. The highest BCUT2D eigenvalue weighted by atomic mass is 32.2. The molecule has 1 aromatic carbocycles. The Bertz CT molecular complexity index is 387. The van der Waals surface area contributed by atoms with E-state index in [-0.39, 0.29) is 10.6 Å². The van der Waals surface area contributed by atoms with Crippen molar-refractivity contribution >= 4 is 15.8 Å². The van der Waals surface area contributed by atoms with Crippen LogP contribution in [0.5, 0.6) is 0 Å². The number of rotatable bonds is 3. The summed E-state index contributed by atoms with van der Waals surface area (Å²) in [7, 11) is -2.94. The van der Waals surface area contributed by atoms with E-state index < -0.39 is 10.1 Å². The molecule has 0 aliphatic heterocycles. The molecule has 0 fully saturated rings. The molecule has 1 radical (unpaired) electrons. The van der Waals surface area contributed by atoms with Gasteiger partial charge in [-0.3, -0.25) is 9.39 Å². The lowest BCUT2D eigenvalue weighted by molar-refractivity contribution is 0.123. The standard InChI is InChI=1S/C7H8NO4S/c1-12-8-6-4-2-3-5-7(6)13(9,10)11/h2-5H,1H3,(H,9,10,11). The molecule has 0 amide bonds. The van der Waals surface area contributed by atoms with Crippen molar-refractivity contribution < 1.29 is 17.8 Å². The molecule has 0 aromatic heterocycles. The lowest BCUT2D eigenvalue weighted by Gasteiger charge is -2.03. The third-order valence-corrected chi connectivity index (χ3v) is 2.23. The first-order chi connectivity index (χ1) is 6.05. The Morgan fingerprint density at radius 3 is 2.54 bits per heavy atom. The maximum Gasteiger partial charge on any atom is 0.296 e. The van der Waals surface area contributed by atoms with Crippen LogP contribution in [0.4, 0.5) is 5.69 Å². The Morgan fingerprint density at radius 2 is 2.00 bits per heavy atom. The maximum atomic E-state index is 10.8. The highest BCUT2D eigenvalue weighted by molar-refractivity contribution is 7.86. The Kier molecular flexibility index (Phi) is 2.86. The zero-order valence-corrected chi connectivity index (χ0v) is 7.65. The molecule has 0 spiro atoms. The Balaban J connectivity index is 3.20. The molecule has 0 aliphatic carbocycles. The predicted molar refractivity (Wildman–Crippen MR) is 45.1 cm³/mol. The average Bonchev–Trinajstić information content (AvgIpc) is 2.04. The molecule has 71 valence electrons. The second kappa shape index (κ2) is 3.73. The molecular formula is C7H8NO4S. The summed E-state index contributed by atoms with van der Waals surface area (Å²) in [5, 5.41) is 0. The van der Waals surface area contributed by atoms with Gasteiger partial charge < -0.3 is 0 Å². The minimum atomic E-state index is -4.23. The van der Waals surface area contributed by atoms with Gasteiger partial charge in [0.2, 0.25) is 0 Å². The highest BCUT2D eigenvalue weighted by Crippen LogP contribution is 2.19. The second-order valence-corrected chi connectivity index (χ2v) is 3.61. The van der Waals surface area contributed by atoms with Gasteiger partial charge in [-0.05, 0) is 12.1 Å². The van der Waals surface area contributed by atoms with E-state index >= 15 is 0 Å². The quantitative estimate of drug-likeness (QED) is 0.579.